The Morgan fingerprint density at radius 3 is 2.55 bits per heavy atom. The molecule has 3 aromatic rings. The lowest BCUT2D eigenvalue weighted by Crippen LogP contribution is -2.44. The molecule has 1 unspecified atom stereocenters. The number of amides is 1. The minimum atomic E-state index is -0.530. The smallest absolute Gasteiger partial charge is 0.255 e. The van der Waals surface area contributed by atoms with Gasteiger partial charge in [-0.05, 0) is 35.7 Å². The van der Waals surface area contributed by atoms with E-state index in [1.54, 1.807) is 11.0 Å². The summed E-state index contributed by atoms with van der Waals surface area (Å²) in [7, 11) is 0. The summed E-state index contributed by atoms with van der Waals surface area (Å²) in [4.78, 5) is 41.1. The molecule has 1 fully saturated rings. The Bertz CT molecular complexity index is 1380. The average Bonchev–Trinajstić information content (AvgIpc) is 3.11. The SMILES string of the molecule is O=C1CCC(N2Cc3c(OCc4ccc(CN5CCOc6ccccc6C5)cc4)cccc3C2=O)C(=O)C1. The highest BCUT2D eigenvalue weighted by atomic mass is 16.5. The number of Topliss-reactive ketones (excluding diaryl/α,β-unsaturated/α-hetero) is 2. The first-order valence-electron chi connectivity index (χ1n) is 13.2. The van der Waals surface area contributed by atoms with Crippen molar-refractivity contribution in [2.45, 2.75) is 51.5 Å². The molecule has 1 saturated carbocycles. The van der Waals surface area contributed by atoms with Crippen molar-refractivity contribution >= 4 is 17.5 Å². The van der Waals surface area contributed by atoms with E-state index in [-0.39, 0.29) is 23.9 Å². The molecule has 0 aromatic heterocycles. The Morgan fingerprint density at radius 1 is 0.895 bits per heavy atom. The number of ether oxygens (including phenoxy) is 2. The molecule has 0 radical (unpaired) electrons. The fourth-order valence-electron chi connectivity index (χ4n) is 5.58. The van der Waals surface area contributed by atoms with E-state index in [1.807, 2.05) is 30.3 Å². The summed E-state index contributed by atoms with van der Waals surface area (Å²) < 4.78 is 12.0. The van der Waals surface area contributed by atoms with Gasteiger partial charge >= 0.3 is 0 Å². The highest BCUT2D eigenvalue weighted by molar-refractivity contribution is 6.07. The molecule has 1 aliphatic carbocycles. The zero-order valence-corrected chi connectivity index (χ0v) is 21.2. The number of carbonyl (C=O) groups is 3. The van der Waals surface area contributed by atoms with Crippen molar-refractivity contribution in [1.29, 1.82) is 0 Å². The van der Waals surface area contributed by atoms with E-state index in [2.05, 4.69) is 35.2 Å². The number of hydrogen-bond acceptors (Lipinski definition) is 6. The first-order chi connectivity index (χ1) is 18.5. The summed E-state index contributed by atoms with van der Waals surface area (Å²) >= 11 is 0. The molecular formula is C31H30N2O5. The van der Waals surface area contributed by atoms with Gasteiger partial charge in [0.25, 0.3) is 5.91 Å². The van der Waals surface area contributed by atoms with Crippen LogP contribution in [-0.4, -0.2) is 46.5 Å². The van der Waals surface area contributed by atoms with Gasteiger partial charge in [0, 0.05) is 42.7 Å². The molecule has 0 bridgehead atoms. The van der Waals surface area contributed by atoms with Crippen LogP contribution in [0.15, 0.2) is 66.7 Å². The van der Waals surface area contributed by atoms with E-state index in [9.17, 15) is 14.4 Å². The summed E-state index contributed by atoms with van der Waals surface area (Å²) in [5.41, 5.74) is 4.86. The minimum absolute atomic E-state index is 0.0452. The topological polar surface area (TPSA) is 76.2 Å². The molecule has 194 valence electrons. The average molecular weight is 511 g/mol. The third kappa shape index (κ3) is 4.94. The van der Waals surface area contributed by atoms with Gasteiger partial charge in [0.1, 0.15) is 30.5 Å². The molecule has 3 aliphatic rings. The first kappa shape index (κ1) is 24.4. The normalized spacial score (nSPS) is 19.5. The van der Waals surface area contributed by atoms with Gasteiger partial charge in [-0.1, -0.05) is 48.5 Å². The molecule has 0 spiro atoms. The minimum Gasteiger partial charge on any atom is -0.492 e. The van der Waals surface area contributed by atoms with E-state index in [1.165, 1.54) is 11.1 Å². The Morgan fingerprint density at radius 2 is 1.71 bits per heavy atom. The number of carbonyl (C=O) groups excluding carboxylic acids is 3. The lowest BCUT2D eigenvalue weighted by Gasteiger charge is -2.29. The van der Waals surface area contributed by atoms with E-state index in [0.717, 1.165) is 36.5 Å². The van der Waals surface area contributed by atoms with Gasteiger partial charge in [0.2, 0.25) is 0 Å². The van der Waals surface area contributed by atoms with Crippen LogP contribution in [0.2, 0.25) is 0 Å². The van der Waals surface area contributed by atoms with Gasteiger partial charge in [0.05, 0.1) is 19.0 Å². The van der Waals surface area contributed by atoms with E-state index in [0.29, 0.717) is 43.9 Å². The van der Waals surface area contributed by atoms with Gasteiger partial charge in [0.15, 0.2) is 5.78 Å². The fourth-order valence-corrected chi connectivity index (χ4v) is 5.58. The molecule has 38 heavy (non-hydrogen) atoms. The zero-order chi connectivity index (χ0) is 26.1. The second-order valence-corrected chi connectivity index (χ2v) is 10.2. The molecule has 0 N–H and O–H groups in total. The summed E-state index contributed by atoms with van der Waals surface area (Å²) in [6.45, 7) is 3.96. The monoisotopic (exact) mass is 510 g/mol. The van der Waals surface area contributed by atoms with Gasteiger partial charge in [-0.3, -0.25) is 19.3 Å². The second-order valence-electron chi connectivity index (χ2n) is 10.2. The van der Waals surface area contributed by atoms with Crippen molar-refractivity contribution in [2.24, 2.45) is 0 Å². The summed E-state index contributed by atoms with van der Waals surface area (Å²) in [6, 6.07) is 21.6. The molecule has 3 aromatic carbocycles. The Kier molecular flexibility index (Phi) is 6.68. The largest absolute Gasteiger partial charge is 0.492 e. The molecule has 0 saturated heterocycles. The van der Waals surface area contributed by atoms with Crippen LogP contribution in [0.4, 0.5) is 0 Å². The summed E-state index contributed by atoms with van der Waals surface area (Å²) in [5, 5.41) is 0. The van der Waals surface area contributed by atoms with Crippen LogP contribution in [-0.2, 0) is 35.8 Å². The highest BCUT2D eigenvalue weighted by Gasteiger charge is 2.40. The first-order valence-corrected chi connectivity index (χ1v) is 13.2. The van der Waals surface area contributed by atoms with Crippen molar-refractivity contribution in [3.63, 3.8) is 0 Å². The fraction of sp³-hybridized carbons (Fsp3) is 0.323. The summed E-state index contributed by atoms with van der Waals surface area (Å²) in [6.07, 6.45) is 0.661. The molecule has 7 nitrogen and oxygen atoms in total. The molecule has 7 heteroatoms. The van der Waals surface area contributed by atoms with Crippen molar-refractivity contribution in [2.75, 3.05) is 13.2 Å². The van der Waals surface area contributed by atoms with Crippen molar-refractivity contribution < 1.29 is 23.9 Å². The van der Waals surface area contributed by atoms with Crippen LogP contribution in [0.25, 0.3) is 0 Å². The van der Waals surface area contributed by atoms with Crippen molar-refractivity contribution in [1.82, 2.24) is 9.80 Å². The lowest BCUT2D eigenvalue weighted by molar-refractivity contribution is -0.133. The maximum Gasteiger partial charge on any atom is 0.255 e. The second kappa shape index (κ2) is 10.4. The number of rotatable bonds is 6. The number of fused-ring (bicyclic) bond motifs is 2. The van der Waals surface area contributed by atoms with Gasteiger partial charge < -0.3 is 14.4 Å². The predicted molar refractivity (Wildman–Crippen MR) is 141 cm³/mol. The zero-order valence-electron chi connectivity index (χ0n) is 21.2. The van der Waals surface area contributed by atoms with Crippen molar-refractivity contribution in [3.8, 4) is 11.5 Å². The number of hydrogen-bond donors (Lipinski definition) is 0. The Hall–Kier alpha value is -3.97. The number of benzene rings is 3. The Labute approximate surface area is 222 Å². The third-order valence-electron chi connectivity index (χ3n) is 7.62. The molecule has 1 amide bonds. The van der Waals surface area contributed by atoms with Crippen LogP contribution in [0.3, 0.4) is 0 Å². The van der Waals surface area contributed by atoms with E-state index < -0.39 is 6.04 Å². The van der Waals surface area contributed by atoms with Crippen LogP contribution in [0, 0.1) is 0 Å². The number of nitrogens with zero attached hydrogens (tertiary/aromatic N) is 2. The standard InChI is InChI=1S/C31H30N2O5/c34-24-12-13-27(28(35)16-24)33-19-26-25(31(33)36)5-3-7-30(26)38-20-22-10-8-21(9-11-22)17-32-14-15-37-29-6-2-1-4-23(29)18-32/h1-11,27H,12-20H2. The highest BCUT2D eigenvalue weighted by Crippen LogP contribution is 2.34. The maximum atomic E-state index is 13.1. The third-order valence-corrected chi connectivity index (χ3v) is 7.62. The molecule has 2 heterocycles. The number of para-hydroxylation sites is 1. The van der Waals surface area contributed by atoms with Crippen LogP contribution in [0.1, 0.15) is 51.9 Å². The van der Waals surface area contributed by atoms with Crippen LogP contribution < -0.4 is 9.47 Å². The van der Waals surface area contributed by atoms with Crippen LogP contribution in [0.5, 0.6) is 11.5 Å². The van der Waals surface area contributed by atoms with Crippen molar-refractivity contribution in [3.05, 3.63) is 94.5 Å². The van der Waals surface area contributed by atoms with E-state index >= 15 is 0 Å². The predicted octanol–water partition coefficient (Wildman–Crippen LogP) is 4.31. The molecular weight excluding hydrogens is 480 g/mol. The van der Waals surface area contributed by atoms with Crippen LogP contribution >= 0.6 is 0 Å². The van der Waals surface area contributed by atoms with Gasteiger partial charge in [-0.25, -0.2) is 0 Å². The van der Waals surface area contributed by atoms with E-state index in [4.69, 9.17) is 9.47 Å². The van der Waals surface area contributed by atoms with Gasteiger partial charge in [-0.2, -0.15) is 0 Å². The Balaban J connectivity index is 1.08. The molecule has 1 atom stereocenters. The van der Waals surface area contributed by atoms with Gasteiger partial charge in [-0.15, -0.1) is 0 Å². The summed E-state index contributed by atoms with van der Waals surface area (Å²) in [5.74, 6) is 1.26. The quantitative estimate of drug-likeness (QED) is 0.460. The molecule has 2 aliphatic heterocycles. The lowest BCUT2D eigenvalue weighted by atomic mass is 9.92. The number of ketones is 2. The maximum absolute atomic E-state index is 13.1. The molecule has 6 rings (SSSR count).